The third kappa shape index (κ3) is 5.01. The molecule has 0 bridgehead atoms. The van der Waals surface area contributed by atoms with Crippen molar-refractivity contribution in [1.82, 2.24) is 24.3 Å². The molecule has 3 heterocycles. The smallest absolute Gasteiger partial charge is 0.0946 e. The molecule has 1 atom stereocenters. The van der Waals surface area contributed by atoms with Crippen molar-refractivity contribution >= 4 is 0 Å². The van der Waals surface area contributed by atoms with Crippen LogP contribution in [-0.4, -0.2) is 95.4 Å². The van der Waals surface area contributed by atoms with Crippen LogP contribution < -0.4 is 0 Å². The molecular weight excluding hydrogens is 290 g/mol. The molecule has 0 amide bonds. The number of hydrogen-bond acceptors (Lipinski definition) is 5. The maximum atomic E-state index is 5.98. The number of nitrogens with zero attached hydrogens (tertiary/aromatic N) is 5. The van der Waals surface area contributed by atoms with Gasteiger partial charge in [-0.3, -0.25) is 14.7 Å². The molecule has 2 aliphatic rings. The fourth-order valence-corrected chi connectivity index (χ4v) is 3.48. The van der Waals surface area contributed by atoms with Crippen molar-refractivity contribution in [3.05, 3.63) is 18.7 Å². The van der Waals surface area contributed by atoms with Gasteiger partial charge in [0.2, 0.25) is 0 Å². The zero-order valence-electron chi connectivity index (χ0n) is 14.6. The highest BCUT2D eigenvalue weighted by molar-refractivity contribution is 4.80. The number of rotatable bonds is 6. The van der Waals surface area contributed by atoms with Gasteiger partial charge in [-0.05, 0) is 13.8 Å². The summed E-state index contributed by atoms with van der Waals surface area (Å²) in [7, 11) is 0. The molecule has 130 valence electrons. The van der Waals surface area contributed by atoms with Crippen LogP contribution in [0.3, 0.4) is 0 Å². The summed E-state index contributed by atoms with van der Waals surface area (Å²) in [5.74, 6) is 0. The topological polar surface area (TPSA) is 36.8 Å². The highest BCUT2D eigenvalue weighted by Crippen LogP contribution is 2.11. The number of piperazine rings is 1. The second-order valence-electron chi connectivity index (χ2n) is 7.02. The minimum Gasteiger partial charge on any atom is -0.374 e. The highest BCUT2D eigenvalue weighted by atomic mass is 16.5. The average Bonchev–Trinajstić information content (AvgIpc) is 3.08. The molecule has 1 unspecified atom stereocenters. The third-order valence-corrected chi connectivity index (χ3v) is 5.06. The summed E-state index contributed by atoms with van der Waals surface area (Å²) in [6.45, 7) is 15.5. The molecule has 0 aromatic carbocycles. The fraction of sp³-hybridized carbons (Fsp3) is 0.824. The van der Waals surface area contributed by atoms with Gasteiger partial charge >= 0.3 is 0 Å². The van der Waals surface area contributed by atoms with Crippen LogP contribution in [-0.2, 0) is 11.3 Å². The molecule has 23 heavy (non-hydrogen) atoms. The first-order valence-corrected chi connectivity index (χ1v) is 8.97. The van der Waals surface area contributed by atoms with E-state index in [2.05, 4.69) is 38.1 Å². The first-order chi connectivity index (χ1) is 11.2. The molecule has 2 saturated heterocycles. The Morgan fingerprint density at radius 2 is 1.87 bits per heavy atom. The molecule has 2 aliphatic heterocycles. The number of imidazole rings is 1. The van der Waals surface area contributed by atoms with Gasteiger partial charge in [0, 0.05) is 77.3 Å². The predicted octanol–water partition coefficient (Wildman–Crippen LogP) is 0.610. The van der Waals surface area contributed by atoms with Crippen LogP contribution in [0.5, 0.6) is 0 Å². The van der Waals surface area contributed by atoms with Gasteiger partial charge in [-0.2, -0.15) is 0 Å². The molecule has 0 saturated carbocycles. The molecule has 0 N–H and O–H groups in total. The van der Waals surface area contributed by atoms with E-state index in [9.17, 15) is 0 Å². The largest absolute Gasteiger partial charge is 0.374 e. The number of ether oxygens (including phenoxy) is 1. The van der Waals surface area contributed by atoms with Crippen LogP contribution in [0.2, 0.25) is 0 Å². The van der Waals surface area contributed by atoms with Gasteiger partial charge in [0.15, 0.2) is 0 Å². The maximum absolute atomic E-state index is 5.98. The minimum atomic E-state index is 0.378. The monoisotopic (exact) mass is 321 g/mol. The Morgan fingerprint density at radius 1 is 1.09 bits per heavy atom. The molecule has 6 heteroatoms. The summed E-state index contributed by atoms with van der Waals surface area (Å²) < 4.78 is 8.13. The maximum Gasteiger partial charge on any atom is 0.0946 e. The molecule has 3 rings (SSSR count). The Labute approximate surface area is 140 Å². The van der Waals surface area contributed by atoms with E-state index in [4.69, 9.17) is 4.74 Å². The number of morpholine rings is 1. The van der Waals surface area contributed by atoms with Crippen molar-refractivity contribution in [3.63, 3.8) is 0 Å². The van der Waals surface area contributed by atoms with E-state index in [1.807, 2.05) is 18.7 Å². The van der Waals surface area contributed by atoms with Gasteiger partial charge in [0.25, 0.3) is 0 Å². The Hall–Kier alpha value is -0.950. The average molecular weight is 321 g/mol. The van der Waals surface area contributed by atoms with E-state index in [1.165, 1.54) is 0 Å². The lowest BCUT2D eigenvalue weighted by molar-refractivity contribution is -0.0564. The Bertz CT molecular complexity index is 442. The standard InChI is InChI=1S/C17H31N5O/c1-16(2)22-11-12-23-17(14-22)13-20-8-5-19(6-9-20)7-10-21-4-3-18-15-21/h3-4,15-17H,5-14H2,1-2H3. The second kappa shape index (κ2) is 8.24. The van der Waals surface area contributed by atoms with Crippen molar-refractivity contribution < 1.29 is 4.74 Å². The van der Waals surface area contributed by atoms with Crippen LogP contribution in [0.25, 0.3) is 0 Å². The van der Waals surface area contributed by atoms with Crippen molar-refractivity contribution in [2.45, 2.75) is 32.5 Å². The molecule has 0 spiro atoms. The zero-order valence-corrected chi connectivity index (χ0v) is 14.6. The van der Waals surface area contributed by atoms with Crippen LogP contribution in [0.4, 0.5) is 0 Å². The molecule has 6 nitrogen and oxygen atoms in total. The zero-order chi connectivity index (χ0) is 16.1. The van der Waals surface area contributed by atoms with E-state index >= 15 is 0 Å². The van der Waals surface area contributed by atoms with Crippen molar-refractivity contribution in [1.29, 1.82) is 0 Å². The van der Waals surface area contributed by atoms with Crippen LogP contribution >= 0.6 is 0 Å². The van der Waals surface area contributed by atoms with Gasteiger partial charge in [0.1, 0.15) is 0 Å². The van der Waals surface area contributed by atoms with E-state index < -0.39 is 0 Å². The van der Waals surface area contributed by atoms with Crippen molar-refractivity contribution in [2.24, 2.45) is 0 Å². The SMILES string of the molecule is CC(C)N1CCOC(CN2CCN(CCn3ccnc3)CC2)C1. The van der Waals surface area contributed by atoms with Crippen molar-refractivity contribution in [2.75, 3.05) is 59.0 Å². The lowest BCUT2D eigenvalue weighted by atomic mass is 10.2. The molecule has 0 aliphatic carbocycles. The highest BCUT2D eigenvalue weighted by Gasteiger charge is 2.25. The van der Waals surface area contributed by atoms with Gasteiger partial charge in [-0.25, -0.2) is 4.98 Å². The van der Waals surface area contributed by atoms with Crippen LogP contribution in [0.1, 0.15) is 13.8 Å². The summed E-state index contributed by atoms with van der Waals surface area (Å²) in [4.78, 5) is 11.8. The van der Waals surface area contributed by atoms with E-state index in [0.717, 1.165) is 65.5 Å². The summed E-state index contributed by atoms with van der Waals surface area (Å²) in [6.07, 6.45) is 6.17. The van der Waals surface area contributed by atoms with Crippen LogP contribution in [0.15, 0.2) is 18.7 Å². The number of aromatic nitrogens is 2. The molecule has 0 radical (unpaired) electrons. The first kappa shape index (κ1) is 16.9. The third-order valence-electron chi connectivity index (χ3n) is 5.06. The van der Waals surface area contributed by atoms with Gasteiger partial charge in [-0.15, -0.1) is 0 Å². The minimum absolute atomic E-state index is 0.378. The lowest BCUT2D eigenvalue weighted by Crippen LogP contribution is -2.53. The first-order valence-electron chi connectivity index (χ1n) is 8.97. The van der Waals surface area contributed by atoms with Gasteiger partial charge in [-0.1, -0.05) is 0 Å². The van der Waals surface area contributed by atoms with Gasteiger partial charge < -0.3 is 9.30 Å². The lowest BCUT2D eigenvalue weighted by Gasteiger charge is -2.40. The summed E-state index contributed by atoms with van der Waals surface area (Å²) in [5.41, 5.74) is 0. The second-order valence-corrected chi connectivity index (χ2v) is 7.02. The predicted molar refractivity (Wildman–Crippen MR) is 91.6 cm³/mol. The molecule has 2 fully saturated rings. The Kier molecular flexibility index (Phi) is 6.05. The normalized spacial score (nSPS) is 25.3. The molecular formula is C17H31N5O. The van der Waals surface area contributed by atoms with Gasteiger partial charge in [0.05, 0.1) is 19.0 Å². The van der Waals surface area contributed by atoms with E-state index in [0.29, 0.717) is 12.1 Å². The van der Waals surface area contributed by atoms with Crippen molar-refractivity contribution in [3.8, 4) is 0 Å². The van der Waals surface area contributed by atoms with E-state index in [-0.39, 0.29) is 0 Å². The van der Waals surface area contributed by atoms with E-state index in [1.54, 1.807) is 0 Å². The van der Waals surface area contributed by atoms with Crippen LogP contribution in [0, 0.1) is 0 Å². The summed E-state index contributed by atoms with van der Waals surface area (Å²) >= 11 is 0. The summed E-state index contributed by atoms with van der Waals surface area (Å²) in [6, 6.07) is 0.626. The molecule has 1 aromatic heterocycles. The Balaban J connectivity index is 1.35. The number of hydrogen-bond donors (Lipinski definition) is 0. The quantitative estimate of drug-likeness (QED) is 0.767. The Morgan fingerprint density at radius 3 is 2.57 bits per heavy atom. The molecule has 1 aromatic rings. The fourth-order valence-electron chi connectivity index (χ4n) is 3.48. The summed E-state index contributed by atoms with van der Waals surface area (Å²) in [5, 5.41) is 0.